The number of benzene rings is 2. The highest BCUT2D eigenvalue weighted by Crippen LogP contribution is 2.33. The summed E-state index contributed by atoms with van der Waals surface area (Å²) >= 11 is 0. The van der Waals surface area contributed by atoms with Crippen molar-refractivity contribution in [3.8, 4) is 39.8 Å². The lowest BCUT2D eigenvalue weighted by atomic mass is 9.98. The van der Waals surface area contributed by atoms with Crippen molar-refractivity contribution in [2.45, 2.75) is 19.1 Å². The van der Waals surface area contributed by atoms with Crippen LogP contribution in [0.15, 0.2) is 71.5 Å². The van der Waals surface area contributed by atoms with Gasteiger partial charge in [-0.25, -0.2) is 0 Å². The van der Waals surface area contributed by atoms with Gasteiger partial charge in [0.2, 0.25) is 0 Å². The van der Waals surface area contributed by atoms with Crippen molar-refractivity contribution < 1.29 is 23.8 Å². The highest BCUT2D eigenvalue weighted by atomic mass is 16.5. The standard InChI is InChI=1S/C28H29N3O5/c1-33-27-12-19-8-10-31(16-22(19)13-28(27)34-2)17-23(32)18-35-24-7-3-5-20(11-24)25-14-26(36-30-25)21-6-4-9-29-15-21/h3-7,9,11-15,23,32H,8,10,16-18H2,1-2H3. The maximum atomic E-state index is 10.7. The third-order valence-electron chi connectivity index (χ3n) is 6.29. The lowest BCUT2D eigenvalue weighted by Crippen LogP contribution is -2.38. The first-order chi connectivity index (χ1) is 17.6. The fraction of sp³-hybridized carbons (Fsp3) is 0.286. The van der Waals surface area contributed by atoms with E-state index in [-0.39, 0.29) is 6.61 Å². The molecular formula is C28H29N3O5. The van der Waals surface area contributed by atoms with E-state index in [0.717, 1.165) is 42.1 Å². The van der Waals surface area contributed by atoms with E-state index in [4.69, 9.17) is 18.7 Å². The molecule has 0 amide bonds. The summed E-state index contributed by atoms with van der Waals surface area (Å²) in [6, 6.07) is 17.3. The fourth-order valence-corrected chi connectivity index (χ4v) is 4.44. The first kappa shape index (κ1) is 23.8. The molecule has 0 fully saturated rings. The average molecular weight is 488 g/mol. The van der Waals surface area contributed by atoms with Gasteiger partial charge in [0, 0.05) is 49.2 Å². The number of aromatic nitrogens is 2. The zero-order valence-electron chi connectivity index (χ0n) is 20.4. The lowest BCUT2D eigenvalue weighted by Gasteiger charge is -2.31. The second kappa shape index (κ2) is 10.8. The third kappa shape index (κ3) is 5.35. The van der Waals surface area contributed by atoms with E-state index in [1.807, 2.05) is 54.6 Å². The van der Waals surface area contributed by atoms with Gasteiger partial charge in [0.15, 0.2) is 17.3 Å². The van der Waals surface area contributed by atoms with Crippen LogP contribution in [-0.2, 0) is 13.0 Å². The number of ether oxygens (including phenoxy) is 3. The van der Waals surface area contributed by atoms with Gasteiger partial charge in [-0.3, -0.25) is 9.88 Å². The van der Waals surface area contributed by atoms with Crippen LogP contribution in [-0.4, -0.2) is 60.2 Å². The van der Waals surface area contributed by atoms with Crippen molar-refractivity contribution >= 4 is 0 Å². The molecule has 0 saturated heterocycles. The van der Waals surface area contributed by atoms with E-state index in [9.17, 15) is 5.11 Å². The molecule has 2 aromatic heterocycles. The van der Waals surface area contributed by atoms with E-state index in [1.54, 1.807) is 26.6 Å². The Morgan fingerprint density at radius 2 is 1.81 bits per heavy atom. The number of nitrogens with zero attached hydrogens (tertiary/aromatic N) is 3. The molecule has 36 heavy (non-hydrogen) atoms. The van der Waals surface area contributed by atoms with Crippen LogP contribution in [0, 0.1) is 0 Å². The van der Waals surface area contributed by atoms with Crippen molar-refractivity contribution in [2.24, 2.45) is 0 Å². The molecule has 0 aliphatic carbocycles. The summed E-state index contributed by atoms with van der Waals surface area (Å²) in [5.74, 6) is 2.79. The minimum Gasteiger partial charge on any atom is -0.493 e. The van der Waals surface area contributed by atoms with E-state index in [0.29, 0.717) is 23.7 Å². The van der Waals surface area contributed by atoms with Gasteiger partial charge < -0.3 is 23.8 Å². The summed E-state index contributed by atoms with van der Waals surface area (Å²) in [4.78, 5) is 6.35. The minimum atomic E-state index is -0.625. The molecule has 0 radical (unpaired) electrons. The van der Waals surface area contributed by atoms with Crippen LogP contribution in [0.25, 0.3) is 22.6 Å². The number of hydrogen-bond donors (Lipinski definition) is 1. The fourth-order valence-electron chi connectivity index (χ4n) is 4.44. The Kier molecular flexibility index (Phi) is 7.16. The van der Waals surface area contributed by atoms with Gasteiger partial charge >= 0.3 is 0 Å². The van der Waals surface area contributed by atoms with Crippen molar-refractivity contribution in [2.75, 3.05) is 33.9 Å². The number of rotatable bonds is 9. The number of aliphatic hydroxyl groups excluding tert-OH is 1. The van der Waals surface area contributed by atoms with Crippen molar-refractivity contribution in [3.63, 3.8) is 0 Å². The number of methoxy groups -OCH3 is 2. The third-order valence-corrected chi connectivity index (χ3v) is 6.29. The smallest absolute Gasteiger partial charge is 0.169 e. The molecule has 5 rings (SSSR count). The molecule has 1 unspecified atom stereocenters. The average Bonchev–Trinajstić information content (AvgIpc) is 3.42. The van der Waals surface area contributed by atoms with Gasteiger partial charge in [-0.15, -0.1) is 0 Å². The molecule has 0 spiro atoms. The van der Waals surface area contributed by atoms with Crippen LogP contribution in [0.1, 0.15) is 11.1 Å². The van der Waals surface area contributed by atoms with Gasteiger partial charge in [0.1, 0.15) is 24.2 Å². The Bertz CT molecular complexity index is 1310. The first-order valence-corrected chi connectivity index (χ1v) is 11.9. The Balaban J connectivity index is 1.18. The molecule has 4 aromatic rings. The normalized spacial score (nSPS) is 14.2. The summed E-state index contributed by atoms with van der Waals surface area (Å²) in [6.07, 6.45) is 3.72. The monoisotopic (exact) mass is 487 g/mol. The van der Waals surface area contributed by atoms with Crippen molar-refractivity contribution in [3.05, 3.63) is 78.1 Å². The molecule has 186 valence electrons. The van der Waals surface area contributed by atoms with E-state index in [1.165, 1.54) is 11.1 Å². The molecule has 8 heteroatoms. The number of pyridine rings is 1. The predicted molar refractivity (Wildman–Crippen MR) is 135 cm³/mol. The topological polar surface area (TPSA) is 90.1 Å². The van der Waals surface area contributed by atoms with Gasteiger partial charge in [-0.2, -0.15) is 0 Å². The predicted octanol–water partition coefficient (Wildman–Crippen LogP) is 4.22. The lowest BCUT2D eigenvalue weighted by molar-refractivity contribution is 0.0637. The second-order valence-corrected chi connectivity index (χ2v) is 8.77. The van der Waals surface area contributed by atoms with E-state index < -0.39 is 6.10 Å². The number of hydrogen-bond acceptors (Lipinski definition) is 8. The largest absolute Gasteiger partial charge is 0.493 e. The zero-order chi connectivity index (χ0) is 24.9. The Morgan fingerprint density at radius 1 is 1.00 bits per heavy atom. The molecule has 2 aromatic carbocycles. The molecule has 0 bridgehead atoms. The van der Waals surface area contributed by atoms with Crippen molar-refractivity contribution in [1.82, 2.24) is 15.0 Å². The number of fused-ring (bicyclic) bond motifs is 1. The summed E-state index contributed by atoms with van der Waals surface area (Å²) in [7, 11) is 3.29. The molecule has 8 nitrogen and oxygen atoms in total. The Labute approximate surface area is 210 Å². The Hall–Kier alpha value is -3.88. The summed E-state index contributed by atoms with van der Waals surface area (Å²) in [6.45, 7) is 2.32. The van der Waals surface area contributed by atoms with E-state index >= 15 is 0 Å². The van der Waals surface area contributed by atoms with Gasteiger partial charge in [0.05, 0.1) is 14.2 Å². The molecule has 3 heterocycles. The van der Waals surface area contributed by atoms with Crippen molar-refractivity contribution in [1.29, 1.82) is 0 Å². The quantitative estimate of drug-likeness (QED) is 0.375. The van der Waals surface area contributed by atoms with Gasteiger partial charge in [-0.1, -0.05) is 17.3 Å². The minimum absolute atomic E-state index is 0.193. The van der Waals surface area contributed by atoms with Crippen LogP contribution in [0.2, 0.25) is 0 Å². The Morgan fingerprint density at radius 3 is 2.58 bits per heavy atom. The number of β-amino-alcohol motifs (C(OH)–C–C–N with tert-alkyl or cyclic N) is 1. The molecule has 0 saturated carbocycles. The summed E-state index contributed by atoms with van der Waals surface area (Å²) < 4.78 is 22.3. The summed E-state index contributed by atoms with van der Waals surface area (Å²) in [5, 5.41) is 14.9. The highest BCUT2D eigenvalue weighted by molar-refractivity contribution is 5.67. The highest BCUT2D eigenvalue weighted by Gasteiger charge is 2.21. The first-order valence-electron chi connectivity index (χ1n) is 11.9. The number of aliphatic hydroxyl groups is 1. The molecule has 1 aliphatic rings. The summed E-state index contributed by atoms with van der Waals surface area (Å²) in [5.41, 5.74) is 4.89. The molecule has 1 atom stereocenters. The molecular weight excluding hydrogens is 458 g/mol. The van der Waals surface area contributed by atoms with Crippen LogP contribution < -0.4 is 14.2 Å². The van der Waals surface area contributed by atoms with Crippen LogP contribution >= 0.6 is 0 Å². The van der Waals surface area contributed by atoms with Gasteiger partial charge in [0.25, 0.3) is 0 Å². The molecule has 1 N–H and O–H groups in total. The SMILES string of the molecule is COc1cc2c(cc1OC)CN(CC(O)COc1cccc(-c3cc(-c4cccnc4)on3)c1)CC2. The van der Waals surface area contributed by atoms with Gasteiger partial charge in [-0.05, 0) is 53.9 Å². The zero-order valence-corrected chi connectivity index (χ0v) is 20.4. The maximum Gasteiger partial charge on any atom is 0.169 e. The van der Waals surface area contributed by atoms with E-state index in [2.05, 4.69) is 15.0 Å². The van der Waals surface area contributed by atoms with Crippen LogP contribution in [0.5, 0.6) is 17.2 Å². The molecule has 1 aliphatic heterocycles. The van der Waals surface area contributed by atoms with Crippen LogP contribution in [0.3, 0.4) is 0 Å². The van der Waals surface area contributed by atoms with Crippen LogP contribution in [0.4, 0.5) is 0 Å². The second-order valence-electron chi connectivity index (χ2n) is 8.77. The maximum absolute atomic E-state index is 10.7.